The van der Waals surface area contributed by atoms with Crippen molar-refractivity contribution in [1.29, 1.82) is 0 Å². The van der Waals surface area contributed by atoms with Crippen LogP contribution in [0.15, 0.2) is 42.5 Å². The number of hydrogen-bond donors (Lipinski definition) is 1. The molecule has 0 saturated heterocycles. The third-order valence-corrected chi connectivity index (χ3v) is 4.04. The van der Waals surface area contributed by atoms with Gasteiger partial charge in [-0.1, -0.05) is 30.3 Å². The minimum absolute atomic E-state index is 0.133. The average molecular weight is 355 g/mol. The Kier molecular flexibility index (Phi) is 6.78. The minimum atomic E-state index is -0.899. The number of aryl methyl sites for hydroxylation is 2. The van der Waals surface area contributed by atoms with Gasteiger partial charge in [0.15, 0.2) is 6.10 Å². The number of ether oxygens (including phenoxy) is 2. The molecule has 0 heterocycles. The second-order valence-electron chi connectivity index (χ2n) is 6.15. The maximum atomic E-state index is 12.3. The van der Waals surface area contributed by atoms with E-state index in [-0.39, 0.29) is 6.42 Å². The number of para-hydroxylation sites is 2. The van der Waals surface area contributed by atoms with Crippen LogP contribution in [0.3, 0.4) is 0 Å². The van der Waals surface area contributed by atoms with Crippen LogP contribution in [0, 0.1) is 13.8 Å². The smallest absolute Gasteiger partial charge is 0.311 e. The number of anilines is 1. The molecule has 0 radical (unpaired) electrons. The summed E-state index contributed by atoms with van der Waals surface area (Å²) >= 11 is 0. The molecule has 1 atom stereocenters. The summed E-state index contributed by atoms with van der Waals surface area (Å²) in [6.45, 7) is 7.93. The lowest BCUT2D eigenvalue weighted by Gasteiger charge is -2.16. The fourth-order valence-corrected chi connectivity index (χ4v) is 2.46. The van der Waals surface area contributed by atoms with Crippen LogP contribution < -0.4 is 10.1 Å². The van der Waals surface area contributed by atoms with Crippen molar-refractivity contribution < 1.29 is 19.1 Å². The zero-order valence-electron chi connectivity index (χ0n) is 15.7. The topological polar surface area (TPSA) is 64.6 Å². The van der Waals surface area contributed by atoms with E-state index >= 15 is 0 Å². The summed E-state index contributed by atoms with van der Waals surface area (Å²) in [7, 11) is 0. The van der Waals surface area contributed by atoms with Gasteiger partial charge in [0.1, 0.15) is 5.75 Å². The number of carbonyl (C=O) groups excluding carboxylic acids is 2. The van der Waals surface area contributed by atoms with Crippen molar-refractivity contribution in [3.8, 4) is 5.75 Å². The molecule has 1 N–H and O–H groups in total. The normalized spacial score (nSPS) is 11.5. The van der Waals surface area contributed by atoms with Crippen molar-refractivity contribution in [1.82, 2.24) is 0 Å². The maximum absolute atomic E-state index is 12.3. The standard InChI is InChI=1S/C21H25NO4/c1-5-25-19-9-7-6-8-18(19)22-21(24)16(4)26-20(23)13-17-11-10-14(2)15(3)12-17/h6-12,16H,5,13H2,1-4H3,(H,22,24)/t16-/m0/s1. The molecule has 0 aromatic heterocycles. The molecule has 0 aliphatic heterocycles. The molecule has 0 fully saturated rings. The Bertz CT molecular complexity index is 785. The van der Waals surface area contributed by atoms with Crippen molar-refractivity contribution in [3.05, 3.63) is 59.2 Å². The highest BCUT2D eigenvalue weighted by atomic mass is 16.5. The maximum Gasteiger partial charge on any atom is 0.311 e. The third kappa shape index (κ3) is 5.34. The fraction of sp³-hybridized carbons (Fsp3) is 0.333. The lowest BCUT2D eigenvalue weighted by atomic mass is 10.0. The van der Waals surface area contributed by atoms with Gasteiger partial charge in [0, 0.05) is 0 Å². The highest BCUT2D eigenvalue weighted by Crippen LogP contribution is 2.24. The van der Waals surface area contributed by atoms with Gasteiger partial charge in [-0.3, -0.25) is 9.59 Å². The van der Waals surface area contributed by atoms with E-state index in [1.807, 2.05) is 45.0 Å². The van der Waals surface area contributed by atoms with Crippen molar-refractivity contribution >= 4 is 17.6 Å². The van der Waals surface area contributed by atoms with Gasteiger partial charge < -0.3 is 14.8 Å². The van der Waals surface area contributed by atoms with Crippen LogP contribution >= 0.6 is 0 Å². The Morgan fingerprint density at radius 1 is 1.08 bits per heavy atom. The predicted octanol–water partition coefficient (Wildman–Crippen LogP) is 3.82. The minimum Gasteiger partial charge on any atom is -0.492 e. The van der Waals surface area contributed by atoms with Crippen LogP contribution in [0.2, 0.25) is 0 Å². The molecule has 138 valence electrons. The van der Waals surface area contributed by atoms with Crippen molar-refractivity contribution in [2.45, 2.75) is 40.2 Å². The van der Waals surface area contributed by atoms with Gasteiger partial charge in [-0.25, -0.2) is 0 Å². The quantitative estimate of drug-likeness (QED) is 0.767. The first kappa shape index (κ1) is 19.5. The zero-order chi connectivity index (χ0) is 19.1. The van der Waals surface area contributed by atoms with Gasteiger partial charge >= 0.3 is 5.97 Å². The number of benzene rings is 2. The number of carbonyl (C=O) groups is 2. The number of rotatable bonds is 7. The molecule has 0 aliphatic carbocycles. The van der Waals surface area contributed by atoms with Crippen LogP contribution in [0.5, 0.6) is 5.75 Å². The number of esters is 1. The van der Waals surface area contributed by atoms with E-state index in [9.17, 15) is 9.59 Å². The lowest BCUT2D eigenvalue weighted by Crippen LogP contribution is -2.30. The van der Waals surface area contributed by atoms with Crippen LogP contribution in [0.25, 0.3) is 0 Å². The SMILES string of the molecule is CCOc1ccccc1NC(=O)[C@H](C)OC(=O)Cc1ccc(C)c(C)c1. The summed E-state index contributed by atoms with van der Waals surface area (Å²) in [5.41, 5.74) is 3.71. The predicted molar refractivity (Wildman–Crippen MR) is 101 cm³/mol. The summed E-state index contributed by atoms with van der Waals surface area (Å²) in [5.74, 6) is -0.253. The van der Waals surface area contributed by atoms with E-state index in [1.54, 1.807) is 25.1 Å². The molecule has 2 aromatic carbocycles. The second kappa shape index (κ2) is 9.04. The van der Waals surface area contributed by atoms with Crippen molar-refractivity contribution in [2.24, 2.45) is 0 Å². The molecule has 0 saturated carbocycles. The summed E-state index contributed by atoms with van der Waals surface area (Å²) in [6, 6.07) is 13.0. The number of nitrogens with one attached hydrogen (secondary N) is 1. The van der Waals surface area contributed by atoms with E-state index in [0.29, 0.717) is 18.0 Å². The van der Waals surface area contributed by atoms with Crippen LogP contribution in [-0.4, -0.2) is 24.6 Å². The van der Waals surface area contributed by atoms with E-state index < -0.39 is 18.0 Å². The number of hydrogen-bond acceptors (Lipinski definition) is 4. The molecule has 5 heteroatoms. The van der Waals surface area contributed by atoms with Crippen LogP contribution in [0.1, 0.15) is 30.5 Å². The summed E-state index contributed by atoms with van der Waals surface area (Å²) in [5, 5.41) is 2.74. The van der Waals surface area contributed by atoms with E-state index in [0.717, 1.165) is 11.1 Å². The third-order valence-electron chi connectivity index (χ3n) is 4.04. The summed E-state index contributed by atoms with van der Waals surface area (Å²) < 4.78 is 10.7. The van der Waals surface area contributed by atoms with Gasteiger partial charge in [-0.2, -0.15) is 0 Å². The first-order valence-corrected chi connectivity index (χ1v) is 8.69. The molecule has 0 bridgehead atoms. The van der Waals surface area contributed by atoms with Crippen molar-refractivity contribution in [3.63, 3.8) is 0 Å². The Morgan fingerprint density at radius 2 is 1.81 bits per heavy atom. The first-order valence-electron chi connectivity index (χ1n) is 8.69. The molecule has 2 rings (SSSR count). The van der Waals surface area contributed by atoms with Crippen LogP contribution in [-0.2, 0) is 20.7 Å². The van der Waals surface area contributed by atoms with Gasteiger partial charge in [0.2, 0.25) is 0 Å². The lowest BCUT2D eigenvalue weighted by molar-refractivity contribution is -0.152. The average Bonchev–Trinajstić information content (AvgIpc) is 2.60. The molecule has 5 nitrogen and oxygen atoms in total. The molecular weight excluding hydrogens is 330 g/mol. The first-order chi connectivity index (χ1) is 12.4. The Balaban J connectivity index is 1.94. The molecule has 0 aliphatic rings. The Morgan fingerprint density at radius 3 is 2.50 bits per heavy atom. The summed E-state index contributed by atoms with van der Waals surface area (Å²) in [6.07, 6.45) is -0.766. The van der Waals surface area contributed by atoms with E-state index in [4.69, 9.17) is 9.47 Å². The largest absolute Gasteiger partial charge is 0.492 e. The highest BCUT2D eigenvalue weighted by molar-refractivity contribution is 5.96. The monoisotopic (exact) mass is 355 g/mol. The van der Waals surface area contributed by atoms with Gasteiger partial charge in [-0.15, -0.1) is 0 Å². The van der Waals surface area contributed by atoms with E-state index in [2.05, 4.69) is 5.32 Å². The molecule has 2 aromatic rings. The zero-order valence-corrected chi connectivity index (χ0v) is 15.7. The Labute approximate surface area is 154 Å². The molecule has 26 heavy (non-hydrogen) atoms. The second-order valence-corrected chi connectivity index (χ2v) is 6.15. The molecule has 0 unspecified atom stereocenters. The molecular formula is C21H25NO4. The fourth-order valence-electron chi connectivity index (χ4n) is 2.46. The van der Waals surface area contributed by atoms with E-state index in [1.165, 1.54) is 5.56 Å². The number of amides is 1. The summed E-state index contributed by atoms with van der Waals surface area (Å²) in [4.78, 5) is 24.4. The molecule has 1 amide bonds. The highest BCUT2D eigenvalue weighted by Gasteiger charge is 2.19. The Hall–Kier alpha value is -2.82. The van der Waals surface area contributed by atoms with Gasteiger partial charge in [-0.05, 0) is 56.5 Å². The van der Waals surface area contributed by atoms with Crippen molar-refractivity contribution in [2.75, 3.05) is 11.9 Å². The van der Waals surface area contributed by atoms with Gasteiger partial charge in [0.05, 0.1) is 18.7 Å². The molecule has 0 spiro atoms. The van der Waals surface area contributed by atoms with Crippen LogP contribution in [0.4, 0.5) is 5.69 Å². The van der Waals surface area contributed by atoms with Gasteiger partial charge in [0.25, 0.3) is 5.91 Å².